The van der Waals surface area contributed by atoms with Gasteiger partial charge in [-0.15, -0.1) is 0 Å². The molecule has 0 unspecified atom stereocenters. The Morgan fingerprint density at radius 2 is 1.71 bits per heavy atom. The van der Waals surface area contributed by atoms with Gasteiger partial charge in [0.1, 0.15) is 5.82 Å². The van der Waals surface area contributed by atoms with Crippen molar-refractivity contribution in [2.45, 2.75) is 6.18 Å². The van der Waals surface area contributed by atoms with E-state index in [9.17, 15) is 17.6 Å². The number of hydrogen-bond donors (Lipinski definition) is 2. The fourth-order valence-corrected chi connectivity index (χ4v) is 0.999. The summed E-state index contributed by atoms with van der Waals surface area (Å²) in [4.78, 5) is 0. The molecule has 0 atom stereocenters. The maximum Gasteiger partial charge on any atom is 0.489 e. The van der Waals surface area contributed by atoms with E-state index in [0.29, 0.717) is 6.07 Å². The van der Waals surface area contributed by atoms with Gasteiger partial charge < -0.3 is 10.0 Å². The van der Waals surface area contributed by atoms with Crippen molar-refractivity contribution < 1.29 is 27.6 Å². The van der Waals surface area contributed by atoms with Crippen LogP contribution in [0.4, 0.5) is 17.6 Å². The zero-order valence-electron chi connectivity index (χ0n) is 6.72. The Labute approximate surface area is 76.9 Å². The molecule has 7 heteroatoms. The smallest absolute Gasteiger partial charge is 0.423 e. The second-order valence-corrected chi connectivity index (χ2v) is 2.60. The Balaban J connectivity index is 3.30. The first kappa shape index (κ1) is 11.0. The van der Waals surface area contributed by atoms with Crippen LogP contribution in [-0.4, -0.2) is 17.2 Å². The Morgan fingerprint density at radius 1 is 1.14 bits per heavy atom. The van der Waals surface area contributed by atoms with Crippen molar-refractivity contribution in [2.75, 3.05) is 0 Å². The molecule has 14 heavy (non-hydrogen) atoms. The van der Waals surface area contributed by atoms with Crippen molar-refractivity contribution in [3.05, 3.63) is 29.6 Å². The maximum atomic E-state index is 12.5. The lowest BCUT2D eigenvalue weighted by molar-refractivity contribution is -0.137. The molecular weight excluding hydrogens is 203 g/mol. The molecule has 0 saturated carbocycles. The Hall–Kier alpha value is -1.08. The van der Waals surface area contributed by atoms with Gasteiger partial charge in [-0.3, -0.25) is 0 Å². The first-order valence-corrected chi connectivity index (χ1v) is 3.55. The molecule has 0 bridgehead atoms. The Kier molecular flexibility index (Phi) is 2.82. The minimum absolute atomic E-state index is 0.217. The molecule has 1 aromatic carbocycles. The molecule has 0 aliphatic carbocycles. The fraction of sp³-hybridized carbons (Fsp3) is 0.143. The fourth-order valence-electron chi connectivity index (χ4n) is 0.999. The second-order valence-electron chi connectivity index (χ2n) is 2.60. The highest BCUT2D eigenvalue weighted by atomic mass is 19.4. The molecule has 0 saturated heterocycles. The standard InChI is InChI=1S/C7H5BF4O2/c9-4-1-2-6(8(13)14)5(3-4)7(10,11)12/h1-3,13-14H. The molecule has 0 aliphatic rings. The van der Waals surface area contributed by atoms with Crippen LogP contribution in [0.15, 0.2) is 18.2 Å². The monoisotopic (exact) mass is 208 g/mol. The van der Waals surface area contributed by atoms with Gasteiger partial charge in [0.05, 0.1) is 5.56 Å². The van der Waals surface area contributed by atoms with E-state index in [1.54, 1.807) is 0 Å². The molecule has 2 nitrogen and oxygen atoms in total. The van der Waals surface area contributed by atoms with Gasteiger partial charge in [0, 0.05) is 0 Å². The van der Waals surface area contributed by atoms with Gasteiger partial charge >= 0.3 is 13.3 Å². The molecule has 0 fully saturated rings. The van der Waals surface area contributed by atoms with Crippen LogP contribution >= 0.6 is 0 Å². The van der Waals surface area contributed by atoms with Gasteiger partial charge in [0.2, 0.25) is 0 Å². The van der Waals surface area contributed by atoms with Gasteiger partial charge in [-0.1, -0.05) is 6.07 Å². The molecule has 0 amide bonds. The number of rotatable bonds is 1. The molecule has 0 heterocycles. The van der Waals surface area contributed by atoms with Crippen LogP contribution in [0.2, 0.25) is 0 Å². The van der Waals surface area contributed by atoms with Crippen LogP contribution in [-0.2, 0) is 6.18 Å². The molecule has 76 valence electrons. The van der Waals surface area contributed by atoms with Crippen molar-refractivity contribution >= 4 is 12.6 Å². The first-order chi connectivity index (χ1) is 6.32. The lowest BCUT2D eigenvalue weighted by Gasteiger charge is -2.11. The summed E-state index contributed by atoms with van der Waals surface area (Å²) in [5, 5.41) is 17.2. The van der Waals surface area contributed by atoms with E-state index in [2.05, 4.69) is 0 Å². The van der Waals surface area contributed by atoms with E-state index >= 15 is 0 Å². The molecule has 0 spiro atoms. The summed E-state index contributed by atoms with van der Waals surface area (Å²) in [6.07, 6.45) is -4.80. The number of alkyl halides is 3. The van der Waals surface area contributed by atoms with Crippen LogP contribution in [0.25, 0.3) is 0 Å². The van der Waals surface area contributed by atoms with E-state index in [4.69, 9.17) is 10.0 Å². The first-order valence-electron chi connectivity index (χ1n) is 3.55. The van der Waals surface area contributed by atoms with Gasteiger partial charge in [-0.2, -0.15) is 13.2 Å². The van der Waals surface area contributed by atoms with Crippen molar-refractivity contribution in [1.29, 1.82) is 0 Å². The molecule has 0 aromatic heterocycles. The third-order valence-electron chi connectivity index (χ3n) is 1.60. The van der Waals surface area contributed by atoms with Gasteiger partial charge in [-0.05, 0) is 17.6 Å². The van der Waals surface area contributed by atoms with E-state index in [0.717, 1.165) is 6.07 Å². The average molecular weight is 208 g/mol. The highest BCUT2D eigenvalue weighted by Gasteiger charge is 2.36. The summed E-state index contributed by atoms with van der Waals surface area (Å²) in [5.74, 6) is -1.08. The zero-order chi connectivity index (χ0) is 10.9. The van der Waals surface area contributed by atoms with Crippen LogP contribution < -0.4 is 5.46 Å². The summed E-state index contributed by atoms with van der Waals surface area (Å²) >= 11 is 0. The Bertz CT molecular complexity index is 337. The predicted molar refractivity (Wildman–Crippen MR) is 41.2 cm³/mol. The minimum Gasteiger partial charge on any atom is -0.423 e. The van der Waals surface area contributed by atoms with Crippen molar-refractivity contribution in [2.24, 2.45) is 0 Å². The second kappa shape index (κ2) is 3.59. The van der Waals surface area contributed by atoms with Gasteiger partial charge in [-0.25, -0.2) is 4.39 Å². The average Bonchev–Trinajstić information content (AvgIpc) is 2.01. The summed E-state index contributed by atoms with van der Waals surface area (Å²) in [6.45, 7) is 0. The third-order valence-corrected chi connectivity index (χ3v) is 1.60. The SMILES string of the molecule is OB(O)c1ccc(F)cc1C(F)(F)F. The lowest BCUT2D eigenvalue weighted by atomic mass is 9.77. The lowest BCUT2D eigenvalue weighted by Crippen LogP contribution is -2.36. The van der Waals surface area contributed by atoms with Crippen LogP contribution in [0.3, 0.4) is 0 Å². The van der Waals surface area contributed by atoms with E-state index in [1.165, 1.54) is 0 Å². The highest BCUT2D eigenvalue weighted by Crippen LogP contribution is 2.28. The molecule has 0 aliphatic heterocycles. The van der Waals surface area contributed by atoms with E-state index in [-0.39, 0.29) is 6.07 Å². The topological polar surface area (TPSA) is 40.5 Å². The number of hydrogen-bond acceptors (Lipinski definition) is 2. The van der Waals surface area contributed by atoms with Gasteiger partial charge in [0.25, 0.3) is 0 Å². The summed E-state index contributed by atoms with van der Waals surface area (Å²) in [7, 11) is -2.27. The maximum absolute atomic E-state index is 12.5. The zero-order valence-corrected chi connectivity index (χ0v) is 6.72. The molecule has 2 N–H and O–H groups in total. The quantitative estimate of drug-likeness (QED) is 0.521. The van der Waals surface area contributed by atoms with E-state index < -0.39 is 30.1 Å². The van der Waals surface area contributed by atoms with Crippen molar-refractivity contribution in [1.82, 2.24) is 0 Å². The highest BCUT2D eigenvalue weighted by molar-refractivity contribution is 6.59. The predicted octanol–water partition coefficient (Wildman–Crippen LogP) is 0.524. The van der Waals surface area contributed by atoms with Gasteiger partial charge in [0.15, 0.2) is 0 Å². The van der Waals surface area contributed by atoms with E-state index in [1.807, 2.05) is 0 Å². The van der Waals surface area contributed by atoms with Crippen LogP contribution in [0.5, 0.6) is 0 Å². The number of benzene rings is 1. The summed E-state index contributed by atoms with van der Waals surface area (Å²) < 4.78 is 49.1. The summed E-state index contributed by atoms with van der Waals surface area (Å²) in [5.41, 5.74) is -2.15. The largest absolute Gasteiger partial charge is 0.489 e. The minimum atomic E-state index is -4.80. The third kappa shape index (κ3) is 2.24. The van der Waals surface area contributed by atoms with Crippen LogP contribution in [0, 0.1) is 5.82 Å². The molecule has 0 radical (unpaired) electrons. The molecule has 1 aromatic rings. The molecular formula is C7H5BF4O2. The normalized spacial score (nSPS) is 11.6. The van der Waals surface area contributed by atoms with Crippen molar-refractivity contribution in [3.8, 4) is 0 Å². The Morgan fingerprint density at radius 3 is 2.14 bits per heavy atom. The van der Waals surface area contributed by atoms with Crippen molar-refractivity contribution in [3.63, 3.8) is 0 Å². The summed E-state index contributed by atoms with van der Waals surface area (Å²) in [6, 6.07) is 1.63. The van der Waals surface area contributed by atoms with Crippen LogP contribution in [0.1, 0.15) is 5.56 Å². The molecule has 1 rings (SSSR count). The number of halogens is 4.